The van der Waals surface area contributed by atoms with Crippen LogP contribution >= 0.6 is 0 Å². The summed E-state index contributed by atoms with van der Waals surface area (Å²) in [6.45, 7) is 4.31. The van der Waals surface area contributed by atoms with Gasteiger partial charge in [0.2, 0.25) is 0 Å². The van der Waals surface area contributed by atoms with E-state index in [2.05, 4.69) is 19.4 Å². The van der Waals surface area contributed by atoms with E-state index < -0.39 is 15.7 Å². The predicted octanol–water partition coefficient (Wildman–Crippen LogP) is 1.89. The van der Waals surface area contributed by atoms with Gasteiger partial charge in [-0.15, -0.1) is 4.40 Å². The van der Waals surface area contributed by atoms with Gasteiger partial charge in [-0.25, -0.2) is 0 Å². The molecule has 0 unspecified atom stereocenters. The van der Waals surface area contributed by atoms with Gasteiger partial charge in [0.25, 0.3) is 5.91 Å². The van der Waals surface area contributed by atoms with Crippen LogP contribution in [0.1, 0.15) is 35.5 Å². The highest BCUT2D eigenvalue weighted by molar-refractivity contribution is 7.91. The van der Waals surface area contributed by atoms with Crippen LogP contribution in [0.25, 0.3) is 0 Å². The predicted molar refractivity (Wildman–Crippen MR) is 125 cm³/mol. The molecule has 0 fully saturated rings. The Morgan fingerprint density at radius 1 is 1.21 bits per heavy atom. The third kappa shape index (κ3) is 5.32. The summed E-state index contributed by atoms with van der Waals surface area (Å²) in [5, 5.41) is 2.96. The molecule has 0 spiro atoms. The van der Waals surface area contributed by atoms with Crippen molar-refractivity contribution in [2.75, 3.05) is 11.3 Å². The summed E-state index contributed by atoms with van der Waals surface area (Å²) in [7, 11) is -3.88. The number of nitrogens with zero attached hydrogens (tertiary/aromatic N) is 3. The summed E-state index contributed by atoms with van der Waals surface area (Å²) >= 11 is 0. The average molecular weight is 469 g/mol. The van der Waals surface area contributed by atoms with E-state index in [9.17, 15) is 13.2 Å². The van der Waals surface area contributed by atoms with Gasteiger partial charge < -0.3 is 20.4 Å². The number of ether oxygens (including phenoxy) is 1. The lowest BCUT2D eigenvalue weighted by Crippen LogP contribution is -2.48. The zero-order valence-electron chi connectivity index (χ0n) is 18.1. The van der Waals surface area contributed by atoms with Crippen molar-refractivity contribution >= 4 is 27.6 Å². The molecular weight excluding hydrogens is 444 g/mol. The Balaban J connectivity index is 1.44. The minimum Gasteiger partial charge on any atom is -0.490 e. The van der Waals surface area contributed by atoms with E-state index in [1.165, 1.54) is 0 Å². The number of hydrogen-bond donors (Lipinski definition) is 3. The number of amidine groups is 1. The molecule has 172 valence electrons. The Morgan fingerprint density at radius 3 is 2.73 bits per heavy atom. The number of benzene rings is 1. The number of pyridine rings is 1. The first kappa shape index (κ1) is 22.3. The molecule has 33 heavy (non-hydrogen) atoms. The summed E-state index contributed by atoms with van der Waals surface area (Å²) in [5.41, 5.74) is 7.01. The standard InChI is InChI=1S/C22H24N6O4S/c1-22(2,14-32-18-7-5-6-17-19(18)20(23)27-33(30,31)26-17)25-21(29)15-8-9-24-16(12-15)13-28-10-3-4-11-28/h3-12,26H,13-14H2,1-2H3,(H2,23,27)(H,25,29). The average Bonchev–Trinajstić information content (AvgIpc) is 3.24. The Hall–Kier alpha value is -3.86. The number of anilines is 1. The van der Waals surface area contributed by atoms with Crippen molar-refractivity contribution in [3.8, 4) is 5.75 Å². The van der Waals surface area contributed by atoms with Crippen LogP contribution in [0.5, 0.6) is 5.75 Å². The molecule has 0 radical (unpaired) electrons. The van der Waals surface area contributed by atoms with Crippen LogP contribution in [0.3, 0.4) is 0 Å². The van der Waals surface area contributed by atoms with E-state index in [0.29, 0.717) is 23.4 Å². The summed E-state index contributed by atoms with van der Waals surface area (Å²) in [5.74, 6) is -0.0618. The van der Waals surface area contributed by atoms with Gasteiger partial charge in [0.05, 0.1) is 29.0 Å². The van der Waals surface area contributed by atoms with Crippen LogP contribution in [0.4, 0.5) is 5.69 Å². The second-order valence-corrected chi connectivity index (χ2v) is 9.59. The van der Waals surface area contributed by atoms with E-state index in [0.717, 1.165) is 5.69 Å². The van der Waals surface area contributed by atoms with Crippen LogP contribution < -0.4 is 20.5 Å². The molecule has 1 aromatic carbocycles. The number of amides is 1. The molecule has 1 amide bonds. The summed E-state index contributed by atoms with van der Waals surface area (Å²) in [6, 6.07) is 12.1. The van der Waals surface area contributed by atoms with Gasteiger partial charge in [0, 0.05) is 24.2 Å². The van der Waals surface area contributed by atoms with Crippen LogP contribution in [0, 0.1) is 0 Å². The second-order valence-electron chi connectivity index (χ2n) is 8.25. The highest BCUT2D eigenvalue weighted by atomic mass is 32.2. The Morgan fingerprint density at radius 2 is 1.97 bits per heavy atom. The molecule has 10 nitrogen and oxygen atoms in total. The summed E-state index contributed by atoms with van der Waals surface area (Å²) in [6.07, 6.45) is 5.47. The number of nitrogens with two attached hydrogens (primary N) is 1. The molecular formula is C22H24N6O4S. The van der Waals surface area contributed by atoms with E-state index in [1.807, 2.05) is 42.9 Å². The zero-order valence-corrected chi connectivity index (χ0v) is 19.0. The molecule has 1 aliphatic rings. The van der Waals surface area contributed by atoms with Gasteiger partial charge in [-0.3, -0.25) is 14.5 Å². The van der Waals surface area contributed by atoms with Gasteiger partial charge in [-0.05, 0) is 50.2 Å². The van der Waals surface area contributed by atoms with Gasteiger partial charge in [0.15, 0.2) is 5.84 Å². The van der Waals surface area contributed by atoms with Crippen LogP contribution in [-0.2, 0) is 16.8 Å². The van der Waals surface area contributed by atoms with Crippen molar-refractivity contribution in [2.24, 2.45) is 10.1 Å². The fraction of sp³-hybridized carbons (Fsp3) is 0.227. The van der Waals surface area contributed by atoms with Crippen LogP contribution in [0.15, 0.2) is 65.5 Å². The first-order valence-electron chi connectivity index (χ1n) is 10.1. The minimum atomic E-state index is -3.88. The summed E-state index contributed by atoms with van der Waals surface area (Å²) in [4.78, 5) is 17.2. The molecule has 1 aliphatic heterocycles. The number of nitrogens with one attached hydrogen (secondary N) is 2. The second kappa shape index (κ2) is 8.58. The highest BCUT2D eigenvalue weighted by Crippen LogP contribution is 2.30. The lowest BCUT2D eigenvalue weighted by Gasteiger charge is -2.27. The topological polar surface area (TPSA) is 141 Å². The third-order valence-corrected chi connectivity index (χ3v) is 5.78. The van der Waals surface area contributed by atoms with Crippen molar-refractivity contribution in [2.45, 2.75) is 25.9 Å². The molecule has 11 heteroatoms. The normalized spacial score (nSPS) is 14.5. The molecule has 4 N–H and O–H groups in total. The maximum Gasteiger partial charge on any atom is 0.344 e. The first-order valence-corrected chi connectivity index (χ1v) is 11.6. The lowest BCUT2D eigenvalue weighted by molar-refractivity contribution is 0.0880. The van der Waals surface area contributed by atoms with Gasteiger partial charge in [-0.2, -0.15) is 8.42 Å². The molecule has 0 saturated heterocycles. The lowest BCUT2D eigenvalue weighted by atomic mass is 10.1. The fourth-order valence-electron chi connectivity index (χ4n) is 3.38. The molecule has 3 aromatic rings. The van der Waals surface area contributed by atoms with E-state index in [4.69, 9.17) is 10.5 Å². The van der Waals surface area contributed by atoms with Crippen molar-refractivity contribution in [1.82, 2.24) is 14.9 Å². The Kier molecular flexibility index (Phi) is 5.81. The number of rotatable bonds is 7. The number of carbonyl (C=O) groups excluding carboxylic acids is 1. The third-order valence-electron chi connectivity index (χ3n) is 4.87. The zero-order chi connectivity index (χ0) is 23.6. The smallest absolute Gasteiger partial charge is 0.344 e. The number of fused-ring (bicyclic) bond motifs is 1. The minimum absolute atomic E-state index is 0.108. The SMILES string of the molecule is CC(C)(COc1cccc2c1C(N)=NS(=O)(=O)N2)NC(=O)c1ccnc(Cn2cccc2)c1. The number of aromatic nitrogens is 2. The first-order chi connectivity index (χ1) is 15.6. The van der Waals surface area contributed by atoms with E-state index >= 15 is 0 Å². The number of carbonyl (C=O) groups is 1. The molecule has 0 bridgehead atoms. The molecule has 0 aliphatic carbocycles. The largest absolute Gasteiger partial charge is 0.490 e. The Labute approximate surface area is 191 Å². The molecule has 4 rings (SSSR count). The van der Waals surface area contributed by atoms with Crippen LogP contribution in [-0.4, -0.2) is 41.9 Å². The quantitative estimate of drug-likeness (QED) is 0.484. The van der Waals surface area contributed by atoms with Crippen molar-refractivity contribution in [1.29, 1.82) is 0 Å². The highest BCUT2D eigenvalue weighted by Gasteiger charge is 2.27. The Bertz CT molecular complexity index is 1320. The van der Waals surface area contributed by atoms with Crippen molar-refractivity contribution in [3.63, 3.8) is 0 Å². The maximum atomic E-state index is 12.9. The van der Waals surface area contributed by atoms with Crippen LogP contribution in [0.2, 0.25) is 0 Å². The maximum absolute atomic E-state index is 12.9. The van der Waals surface area contributed by atoms with Crippen molar-refractivity contribution in [3.05, 3.63) is 77.9 Å². The van der Waals surface area contributed by atoms with E-state index in [1.54, 1.807) is 36.5 Å². The molecule has 0 atom stereocenters. The van der Waals surface area contributed by atoms with Gasteiger partial charge >= 0.3 is 10.2 Å². The van der Waals surface area contributed by atoms with E-state index in [-0.39, 0.29) is 24.0 Å². The monoisotopic (exact) mass is 468 g/mol. The van der Waals surface area contributed by atoms with Gasteiger partial charge in [-0.1, -0.05) is 6.07 Å². The van der Waals surface area contributed by atoms with Gasteiger partial charge in [0.1, 0.15) is 12.4 Å². The fourth-order valence-corrected chi connectivity index (χ4v) is 4.22. The van der Waals surface area contributed by atoms with Crippen molar-refractivity contribution < 1.29 is 17.9 Å². The molecule has 3 heterocycles. The summed E-state index contributed by atoms with van der Waals surface area (Å²) < 4.78 is 37.2. The molecule has 2 aromatic heterocycles. The number of hydrogen-bond acceptors (Lipinski definition) is 6. The molecule has 0 saturated carbocycles.